The van der Waals surface area contributed by atoms with Gasteiger partial charge in [-0.2, -0.15) is 0 Å². The average molecular weight is 248 g/mol. The van der Waals surface area contributed by atoms with Crippen LogP contribution in [-0.4, -0.2) is 18.5 Å². The van der Waals surface area contributed by atoms with Crippen LogP contribution < -0.4 is 10.2 Å². The fourth-order valence-electron chi connectivity index (χ4n) is 1.98. The molecule has 18 heavy (non-hydrogen) atoms. The third kappa shape index (κ3) is 4.40. The van der Waals surface area contributed by atoms with Gasteiger partial charge in [-0.3, -0.25) is 4.79 Å². The number of rotatable bonds is 6. The zero-order valence-electron chi connectivity index (χ0n) is 11.9. The topological polar surface area (TPSA) is 32.3 Å². The summed E-state index contributed by atoms with van der Waals surface area (Å²) in [5.41, 5.74) is 2.03. The minimum atomic E-state index is -0.0307. The number of nitrogens with one attached hydrogen (secondary N) is 1. The number of carbonyl (C=O) groups is 1. The second-order valence-corrected chi connectivity index (χ2v) is 4.87. The summed E-state index contributed by atoms with van der Waals surface area (Å²) in [5, 5.41) is 2.83. The summed E-state index contributed by atoms with van der Waals surface area (Å²) >= 11 is 0. The summed E-state index contributed by atoms with van der Waals surface area (Å²) in [5.74, 6) is -0.0307. The van der Waals surface area contributed by atoms with Gasteiger partial charge in [0.1, 0.15) is 0 Å². The van der Waals surface area contributed by atoms with Crippen LogP contribution in [0.25, 0.3) is 0 Å². The Labute approximate surface area is 110 Å². The summed E-state index contributed by atoms with van der Waals surface area (Å²) in [4.78, 5) is 13.4. The molecule has 1 aromatic rings. The number of amides is 1. The minimum absolute atomic E-state index is 0.0307. The first-order valence-electron chi connectivity index (χ1n) is 6.69. The van der Waals surface area contributed by atoms with Crippen LogP contribution in [0.1, 0.15) is 40.5 Å². The molecule has 0 saturated carbocycles. The lowest BCUT2D eigenvalue weighted by Gasteiger charge is -2.29. The highest BCUT2D eigenvalue weighted by Crippen LogP contribution is 2.22. The highest BCUT2D eigenvalue weighted by molar-refractivity contribution is 5.89. The van der Waals surface area contributed by atoms with Crippen LogP contribution in [0, 0.1) is 0 Å². The zero-order chi connectivity index (χ0) is 13.5. The molecule has 100 valence electrons. The number of hydrogen-bond donors (Lipinski definition) is 1. The molecule has 0 spiro atoms. The third-order valence-corrected chi connectivity index (χ3v) is 2.87. The van der Waals surface area contributed by atoms with E-state index in [0.717, 1.165) is 12.2 Å². The van der Waals surface area contributed by atoms with Crippen molar-refractivity contribution in [3.05, 3.63) is 24.3 Å². The van der Waals surface area contributed by atoms with Crippen molar-refractivity contribution in [2.24, 2.45) is 0 Å². The molecular formula is C15H24N2O. The molecular weight excluding hydrogens is 224 g/mol. The number of carbonyl (C=O) groups excluding carboxylic acids is 1. The van der Waals surface area contributed by atoms with E-state index >= 15 is 0 Å². The first kappa shape index (κ1) is 14.6. The molecule has 1 amide bonds. The fraction of sp³-hybridized carbons (Fsp3) is 0.533. The maximum atomic E-state index is 11.1. The van der Waals surface area contributed by atoms with Crippen LogP contribution in [0.5, 0.6) is 0 Å². The van der Waals surface area contributed by atoms with Crippen LogP contribution in [0.15, 0.2) is 24.3 Å². The highest BCUT2D eigenvalue weighted by atomic mass is 16.1. The van der Waals surface area contributed by atoms with Crippen LogP contribution in [-0.2, 0) is 4.79 Å². The molecule has 3 nitrogen and oxygen atoms in total. The Morgan fingerprint density at radius 2 is 2.11 bits per heavy atom. The van der Waals surface area contributed by atoms with Gasteiger partial charge in [-0.05, 0) is 38.5 Å². The van der Waals surface area contributed by atoms with Crippen LogP contribution in [0.4, 0.5) is 11.4 Å². The van der Waals surface area contributed by atoms with Gasteiger partial charge in [0.05, 0.1) is 0 Å². The smallest absolute Gasteiger partial charge is 0.221 e. The van der Waals surface area contributed by atoms with Crippen molar-refractivity contribution >= 4 is 17.3 Å². The van der Waals surface area contributed by atoms with Gasteiger partial charge in [-0.1, -0.05) is 19.4 Å². The van der Waals surface area contributed by atoms with Crippen molar-refractivity contribution in [3.8, 4) is 0 Å². The van der Waals surface area contributed by atoms with Crippen LogP contribution >= 0.6 is 0 Å². The van der Waals surface area contributed by atoms with E-state index in [9.17, 15) is 4.79 Å². The molecule has 0 aliphatic carbocycles. The standard InChI is InChI=1S/C15H24N2O/c1-5-6-10-17(12(2)3)15-9-7-8-14(11-15)16-13(4)18/h7-9,11-12H,5-6,10H2,1-4H3,(H,16,18). The summed E-state index contributed by atoms with van der Waals surface area (Å²) in [6.07, 6.45) is 2.37. The van der Waals surface area contributed by atoms with Crippen LogP contribution in [0.3, 0.4) is 0 Å². The Balaban J connectivity index is 2.86. The third-order valence-electron chi connectivity index (χ3n) is 2.87. The lowest BCUT2D eigenvalue weighted by molar-refractivity contribution is -0.114. The van der Waals surface area contributed by atoms with Gasteiger partial charge in [-0.25, -0.2) is 0 Å². The zero-order valence-corrected chi connectivity index (χ0v) is 11.9. The Hall–Kier alpha value is -1.51. The summed E-state index contributed by atoms with van der Waals surface area (Å²) in [6, 6.07) is 8.51. The SMILES string of the molecule is CCCCN(c1cccc(NC(C)=O)c1)C(C)C. The van der Waals surface area contributed by atoms with Crippen molar-refractivity contribution in [1.82, 2.24) is 0 Å². The molecule has 0 aliphatic rings. The summed E-state index contributed by atoms with van der Waals surface area (Å²) in [6.45, 7) is 9.18. The number of benzene rings is 1. The molecule has 0 atom stereocenters. The Morgan fingerprint density at radius 3 is 2.67 bits per heavy atom. The van der Waals surface area contributed by atoms with Crippen molar-refractivity contribution in [1.29, 1.82) is 0 Å². The van der Waals surface area contributed by atoms with E-state index in [-0.39, 0.29) is 5.91 Å². The van der Waals surface area contributed by atoms with Crippen LogP contribution in [0.2, 0.25) is 0 Å². The number of unbranched alkanes of at least 4 members (excludes halogenated alkanes) is 1. The molecule has 0 saturated heterocycles. The number of anilines is 2. The van der Waals surface area contributed by atoms with Gasteiger partial charge in [0.25, 0.3) is 0 Å². The predicted molar refractivity (Wildman–Crippen MR) is 78.1 cm³/mol. The van der Waals surface area contributed by atoms with Crippen molar-refractivity contribution < 1.29 is 4.79 Å². The van der Waals surface area contributed by atoms with Gasteiger partial charge >= 0.3 is 0 Å². The quantitative estimate of drug-likeness (QED) is 0.833. The van der Waals surface area contributed by atoms with Gasteiger partial charge < -0.3 is 10.2 Å². The average Bonchev–Trinajstić information content (AvgIpc) is 2.28. The monoisotopic (exact) mass is 248 g/mol. The molecule has 0 radical (unpaired) electrons. The largest absolute Gasteiger partial charge is 0.369 e. The number of hydrogen-bond acceptors (Lipinski definition) is 2. The Kier molecular flexibility index (Phi) is 5.69. The Morgan fingerprint density at radius 1 is 1.39 bits per heavy atom. The lowest BCUT2D eigenvalue weighted by Crippen LogP contribution is -2.31. The lowest BCUT2D eigenvalue weighted by atomic mass is 10.2. The predicted octanol–water partition coefficient (Wildman–Crippen LogP) is 3.66. The highest BCUT2D eigenvalue weighted by Gasteiger charge is 2.10. The van der Waals surface area contributed by atoms with E-state index in [1.807, 2.05) is 18.2 Å². The first-order valence-corrected chi connectivity index (χ1v) is 6.69. The number of nitrogens with zero attached hydrogens (tertiary/aromatic N) is 1. The normalized spacial score (nSPS) is 10.5. The van der Waals surface area contributed by atoms with Gasteiger partial charge in [0.15, 0.2) is 0 Å². The summed E-state index contributed by atoms with van der Waals surface area (Å²) in [7, 11) is 0. The maximum absolute atomic E-state index is 11.1. The fourth-order valence-corrected chi connectivity index (χ4v) is 1.98. The maximum Gasteiger partial charge on any atom is 0.221 e. The van der Waals surface area contributed by atoms with Crippen molar-refractivity contribution in [2.75, 3.05) is 16.8 Å². The second-order valence-electron chi connectivity index (χ2n) is 4.87. The molecule has 0 heterocycles. The van der Waals surface area contributed by atoms with E-state index in [4.69, 9.17) is 0 Å². The van der Waals surface area contributed by atoms with Gasteiger partial charge in [-0.15, -0.1) is 0 Å². The van der Waals surface area contributed by atoms with Crippen molar-refractivity contribution in [3.63, 3.8) is 0 Å². The molecule has 0 unspecified atom stereocenters. The Bertz CT molecular complexity index is 388. The molecule has 3 heteroatoms. The van der Waals surface area contributed by atoms with E-state index < -0.39 is 0 Å². The van der Waals surface area contributed by atoms with E-state index in [1.54, 1.807) is 0 Å². The van der Waals surface area contributed by atoms with Gasteiger partial charge in [0, 0.05) is 30.9 Å². The van der Waals surface area contributed by atoms with E-state index in [0.29, 0.717) is 6.04 Å². The van der Waals surface area contributed by atoms with Gasteiger partial charge in [0.2, 0.25) is 5.91 Å². The molecule has 0 bridgehead atoms. The molecule has 0 aromatic heterocycles. The first-order chi connectivity index (χ1) is 8.54. The molecule has 0 aliphatic heterocycles. The van der Waals surface area contributed by atoms with E-state index in [1.165, 1.54) is 25.5 Å². The van der Waals surface area contributed by atoms with E-state index in [2.05, 4.69) is 37.1 Å². The minimum Gasteiger partial charge on any atom is -0.369 e. The molecule has 1 aromatic carbocycles. The molecule has 1 rings (SSSR count). The molecule has 1 N–H and O–H groups in total. The molecule has 0 fully saturated rings. The van der Waals surface area contributed by atoms with Crippen molar-refractivity contribution in [2.45, 2.75) is 46.6 Å². The second kappa shape index (κ2) is 7.04. The summed E-state index contributed by atoms with van der Waals surface area (Å²) < 4.78 is 0.